The van der Waals surface area contributed by atoms with Crippen LogP contribution in [0.25, 0.3) is 0 Å². The molecule has 0 bridgehead atoms. The van der Waals surface area contributed by atoms with Crippen molar-refractivity contribution in [3.8, 4) is 0 Å². The molecule has 0 aliphatic heterocycles. The molecule has 6 nitrogen and oxygen atoms in total. The summed E-state index contributed by atoms with van der Waals surface area (Å²) >= 11 is 0. The minimum atomic E-state index is -3.63. The van der Waals surface area contributed by atoms with Crippen molar-refractivity contribution in [1.29, 1.82) is 0 Å². The Morgan fingerprint density at radius 3 is 2.63 bits per heavy atom. The van der Waals surface area contributed by atoms with Gasteiger partial charge in [-0.25, -0.2) is 12.8 Å². The second-order valence-electron chi connectivity index (χ2n) is 6.87. The van der Waals surface area contributed by atoms with Crippen LogP contribution in [0, 0.1) is 5.82 Å². The first-order chi connectivity index (χ1) is 12.9. The summed E-state index contributed by atoms with van der Waals surface area (Å²) in [6, 6.07) is 5.72. The number of nitrogens with one attached hydrogen (secondary N) is 1. The van der Waals surface area contributed by atoms with Crippen LogP contribution in [0.4, 0.5) is 10.1 Å². The Morgan fingerprint density at radius 1 is 1.26 bits per heavy atom. The number of para-hydroxylation sites is 1. The molecular formula is C19H29FN2O4S. The van der Waals surface area contributed by atoms with Crippen molar-refractivity contribution in [2.75, 3.05) is 30.3 Å². The Balaban J connectivity index is 1.68. The summed E-state index contributed by atoms with van der Waals surface area (Å²) in [5.74, 6) is -0.743. The quantitative estimate of drug-likeness (QED) is 0.580. The minimum Gasteiger partial charge on any atom is -0.378 e. The van der Waals surface area contributed by atoms with E-state index in [9.17, 15) is 17.6 Å². The highest BCUT2D eigenvalue weighted by atomic mass is 32.2. The van der Waals surface area contributed by atoms with Crippen molar-refractivity contribution in [3.63, 3.8) is 0 Å². The first kappa shape index (κ1) is 21.6. The van der Waals surface area contributed by atoms with Gasteiger partial charge in [0, 0.05) is 26.1 Å². The lowest BCUT2D eigenvalue weighted by atomic mass is 10.2. The largest absolute Gasteiger partial charge is 0.378 e. The molecule has 0 atom stereocenters. The maximum absolute atomic E-state index is 13.9. The number of benzene rings is 1. The third-order valence-corrected chi connectivity index (χ3v) is 5.77. The van der Waals surface area contributed by atoms with Crippen molar-refractivity contribution in [2.24, 2.45) is 0 Å². The van der Waals surface area contributed by atoms with Crippen LogP contribution in [0.2, 0.25) is 0 Å². The lowest BCUT2D eigenvalue weighted by Crippen LogP contribution is -2.33. The molecule has 1 aromatic carbocycles. The molecule has 2 rings (SSSR count). The Kier molecular flexibility index (Phi) is 8.50. The molecule has 0 heterocycles. The molecule has 27 heavy (non-hydrogen) atoms. The van der Waals surface area contributed by atoms with Crippen molar-refractivity contribution in [3.05, 3.63) is 30.1 Å². The number of sulfonamides is 1. The van der Waals surface area contributed by atoms with Gasteiger partial charge in [0.1, 0.15) is 5.82 Å². The molecule has 0 unspecified atom stereocenters. The highest BCUT2D eigenvalue weighted by Gasteiger charge is 2.20. The van der Waals surface area contributed by atoms with Crippen LogP contribution >= 0.6 is 0 Å². The van der Waals surface area contributed by atoms with E-state index in [1.165, 1.54) is 31.0 Å². The van der Waals surface area contributed by atoms with Gasteiger partial charge in [0.25, 0.3) is 0 Å². The van der Waals surface area contributed by atoms with Gasteiger partial charge < -0.3 is 10.1 Å². The minimum absolute atomic E-state index is 0.00414. The van der Waals surface area contributed by atoms with E-state index in [4.69, 9.17) is 4.74 Å². The van der Waals surface area contributed by atoms with Crippen molar-refractivity contribution < 1.29 is 22.3 Å². The van der Waals surface area contributed by atoms with Gasteiger partial charge in [-0.1, -0.05) is 25.0 Å². The number of carbonyl (C=O) groups is 1. The number of halogens is 1. The van der Waals surface area contributed by atoms with E-state index in [0.717, 1.165) is 29.8 Å². The number of amides is 1. The molecule has 1 amide bonds. The highest BCUT2D eigenvalue weighted by Crippen LogP contribution is 2.22. The van der Waals surface area contributed by atoms with Crippen LogP contribution in [0.5, 0.6) is 0 Å². The molecule has 1 aliphatic rings. The van der Waals surface area contributed by atoms with E-state index >= 15 is 0 Å². The molecule has 1 aliphatic carbocycles. The first-order valence-corrected chi connectivity index (χ1v) is 11.3. The molecular weight excluding hydrogens is 371 g/mol. The first-order valence-electron chi connectivity index (χ1n) is 9.48. The van der Waals surface area contributed by atoms with Crippen LogP contribution in [-0.4, -0.2) is 46.4 Å². The SMILES string of the molecule is CS(=O)(=O)N(CCCC(=O)NCCCOC1CCCC1)c1ccccc1F. The maximum Gasteiger partial charge on any atom is 0.232 e. The number of carbonyl (C=O) groups excluding carboxylic acids is 1. The summed E-state index contributed by atoms with van der Waals surface area (Å²) in [5, 5.41) is 2.81. The number of anilines is 1. The van der Waals surface area contributed by atoms with Crippen molar-refractivity contribution in [1.82, 2.24) is 5.32 Å². The van der Waals surface area contributed by atoms with Crippen LogP contribution in [0.1, 0.15) is 44.9 Å². The summed E-state index contributed by atoms with van der Waals surface area (Å²) < 4.78 is 44.6. The average Bonchev–Trinajstić information content (AvgIpc) is 3.12. The van der Waals surface area contributed by atoms with Gasteiger partial charge in [0.2, 0.25) is 15.9 Å². The molecule has 0 spiro atoms. The lowest BCUT2D eigenvalue weighted by molar-refractivity contribution is -0.121. The molecule has 1 saturated carbocycles. The summed E-state index contributed by atoms with van der Waals surface area (Å²) in [5.41, 5.74) is 0.00414. The number of rotatable bonds is 11. The molecule has 152 valence electrons. The Labute approximate surface area is 161 Å². The van der Waals surface area contributed by atoms with E-state index in [1.807, 2.05) is 0 Å². The maximum atomic E-state index is 13.9. The second-order valence-corrected chi connectivity index (χ2v) is 8.78. The normalized spacial score (nSPS) is 15.0. The fourth-order valence-electron chi connectivity index (χ4n) is 3.20. The second kappa shape index (κ2) is 10.6. The van der Waals surface area contributed by atoms with Crippen LogP contribution in [0.15, 0.2) is 24.3 Å². The fourth-order valence-corrected chi connectivity index (χ4v) is 4.16. The Morgan fingerprint density at radius 2 is 1.96 bits per heavy atom. The van der Waals surface area contributed by atoms with E-state index in [2.05, 4.69) is 5.32 Å². The van der Waals surface area contributed by atoms with Gasteiger partial charge in [-0.2, -0.15) is 0 Å². The van der Waals surface area contributed by atoms with E-state index in [-0.39, 0.29) is 24.6 Å². The molecule has 1 aromatic rings. The zero-order chi connectivity index (χ0) is 19.7. The van der Waals surface area contributed by atoms with Crippen molar-refractivity contribution >= 4 is 21.6 Å². The summed E-state index contributed by atoms with van der Waals surface area (Å²) in [7, 11) is -3.63. The van der Waals surface area contributed by atoms with Gasteiger partial charge in [0.15, 0.2) is 0 Å². The number of nitrogens with zero attached hydrogens (tertiary/aromatic N) is 1. The van der Waals surface area contributed by atoms with E-state index < -0.39 is 15.8 Å². The molecule has 0 radical (unpaired) electrons. The summed E-state index contributed by atoms with van der Waals surface area (Å²) in [6.07, 6.45) is 7.39. The van der Waals surface area contributed by atoms with Crippen molar-refractivity contribution in [2.45, 2.75) is 51.0 Å². The molecule has 1 N–H and O–H groups in total. The topological polar surface area (TPSA) is 75.7 Å². The van der Waals surface area contributed by atoms with Crippen LogP contribution in [-0.2, 0) is 19.6 Å². The number of hydrogen-bond donors (Lipinski definition) is 1. The van der Waals surface area contributed by atoms with Crippen LogP contribution in [0.3, 0.4) is 0 Å². The third kappa shape index (κ3) is 7.46. The molecule has 1 fully saturated rings. The predicted octanol–water partition coefficient (Wildman–Crippen LogP) is 2.84. The van der Waals surface area contributed by atoms with Gasteiger partial charge in [-0.05, 0) is 37.8 Å². The zero-order valence-corrected chi connectivity index (χ0v) is 16.6. The molecule has 0 saturated heterocycles. The smallest absolute Gasteiger partial charge is 0.232 e. The lowest BCUT2D eigenvalue weighted by Gasteiger charge is -2.22. The predicted molar refractivity (Wildman–Crippen MR) is 104 cm³/mol. The van der Waals surface area contributed by atoms with E-state index in [0.29, 0.717) is 25.7 Å². The molecule has 8 heteroatoms. The van der Waals surface area contributed by atoms with Gasteiger partial charge in [0.05, 0.1) is 18.0 Å². The zero-order valence-electron chi connectivity index (χ0n) is 15.8. The Hall–Kier alpha value is -1.67. The van der Waals surface area contributed by atoms with E-state index in [1.54, 1.807) is 6.07 Å². The Bertz CT molecular complexity index is 705. The number of hydrogen-bond acceptors (Lipinski definition) is 4. The van der Waals surface area contributed by atoms with Gasteiger partial charge in [-0.3, -0.25) is 9.10 Å². The standard InChI is InChI=1S/C19H29FN2O4S/c1-27(24,25)22(18-11-5-4-10-17(18)20)14-6-12-19(23)21-13-7-15-26-16-8-2-3-9-16/h4-5,10-11,16H,2-3,6-9,12-15H2,1H3,(H,21,23). The third-order valence-electron chi connectivity index (χ3n) is 4.59. The van der Waals surface area contributed by atoms with Crippen LogP contribution < -0.4 is 9.62 Å². The summed E-state index contributed by atoms with van der Waals surface area (Å²) in [4.78, 5) is 11.9. The average molecular weight is 401 g/mol. The van der Waals surface area contributed by atoms with Gasteiger partial charge >= 0.3 is 0 Å². The highest BCUT2D eigenvalue weighted by molar-refractivity contribution is 7.92. The number of ether oxygens (including phenoxy) is 1. The fraction of sp³-hybridized carbons (Fsp3) is 0.632. The molecule has 0 aromatic heterocycles. The van der Waals surface area contributed by atoms with Gasteiger partial charge in [-0.15, -0.1) is 0 Å². The summed E-state index contributed by atoms with van der Waals surface area (Å²) in [6.45, 7) is 1.23. The monoisotopic (exact) mass is 400 g/mol.